The van der Waals surface area contributed by atoms with E-state index < -0.39 is 10.0 Å². The number of thiophene rings is 1. The van der Waals surface area contributed by atoms with Crippen LogP contribution in [0.4, 0.5) is 5.69 Å². The van der Waals surface area contributed by atoms with Crippen LogP contribution in [0.3, 0.4) is 0 Å². The van der Waals surface area contributed by atoms with Crippen LogP contribution in [-0.4, -0.2) is 51.0 Å². The zero-order valence-electron chi connectivity index (χ0n) is 17.3. The molecule has 0 atom stereocenters. The Morgan fingerprint density at radius 2 is 2.00 bits per heavy atom. The number of carbonyl (C=O) groups is 1. The van der Waals surface area contributed by atoms with Crippen molar-refractivity contribution in [1.82, 2.24) is 4.31 Å². The molecule has 1 N–H and O–H groups in total. The Morgan fingerprint density at radius 1 is 1.27 bits per heavy atom. The molecule has 0 aliphatic carbocycles. The molecule has 1 aromatic heterocycles. The quantitative estimate of drug-likeness (QED) is 0.653. The fourth-order valence-electron chi connectivity index (χ4n) is 2.94. The number of hydrogen-bond donors (Lipinski definition) is 1. The summed E-state index contributed by atoms with van der Waals surface area (Å²) in [6.07, 6.45) is 3.04. The molecule has 7 nitrogen and oxygen atoms in total. The van der Waals surface area contributed by atoms with Crippen LogP contribution in [0.2, 0.25) is 0 Å². The van der Waals surface area contributed by atoms with Crippen LogP contribution in [0, 0.1) is 6.92 Å². The average molecular weight is 451 g/mol. The zero-order chi connectivity index (χ0) is 21.7. The summed E-state index contributed by atoms with van der Waals surface area (Å²) in [6.45, 7) is 7.04. The van der Waals surface area contributed by atoms with E-state index in [1.807, 2.05) is 32.2 Å². The Bertz CT molecular complexity index is 1020. The molecular formula is C21H26N2O5S2. The van der Waals surface area contributed by atoms with Crippen molar-refractivity contribution >= 4 is 39.0 Å². The SMILES string of the molecule is Cc1ccsc1/C=C/C(=O)Nc1cc(S(=O)(=O)N2CCOCC2)ccc1OC(C)C. The Balaban J connectivity index is 1.86. The van der Waals surface area contributed by atoms with Crippen LogP contribution in [0.15, 0.2) is 40.6 Å². The average Bonchev–Trinajstić information content (AvgIpc) is 3.12. The molecule has 162 valence electrons. The molecule has 0 saturated carbocycles. The maximum atomic E-state index is 13.0. The van der Waals surface area contributed by atoms with E-state index in [-0.39, 0.29) is 16.9 Å². The third-order valence-corrected chi connectivity index (χ3v) is 7.35. The van der Waals surface area contributed by atoms with Gasteiger partial charge in [0.15, 0.2) is 0 Å². The van der Waals surface area contributed by atoms with Gasteiger partial charge >= 0.3 is 0 Å². The topological polar surface area (TPSA) is 84.9 Å². The van der Waals surface area contributed by atoms with Crippen LogP contribution in [0.25, 0.3) is 6.08 Å². The van der Waals surface area contributed by atoms with E-state index in [1.54, 1.807) is 23.5 Å². The van der Waals surface area contributed by atoms with Gasteiger partial charge in [-0.05, 0) is 62.1 Å². The third kappa shape index (κ3) is 5.48. The van der Waals surface area contributed by atoms with Crippen molar-refractivity contribution < 1.29 is 22.7 Å². The molecule has 0 spiro atoms. The van der Waals surface area contributed by atoms with Gasteiger partial charge in [-0.15, -0.1) is 11.3 Å². The molecule has 0 bridgehead atoms. The number of morpholine rings is 1. The van der Waals surface area contributed by atoms with Crippen LogP contribution >= 0.6 is 11.3 Å². The number of ether oxygens (including phenoxy) is 2. The number of anilines is 1. The maximum Gasteiger partial charge on any atom is 0.248 e. The molecular weight excluding hydrogens is 424 g/mol. The highest BCUT2D eigenvalue weighted by Crippen LogP contribution is 2.30. The van der Waals surface area contributed by atoms with Gasteiger partial charge < -0.3 is 14.8 Å². The number of carbonyl (C=O) groups excluding carboxylic acids is 1. The van der Waals surface area contributed by atoms with Gasteiger partial charge in [0.2, 0.25) is 15.9 Å². The molecule has 1 aliphatic heterocycles. The van der Waals surface area contributed by atoms with E-state index in [9.17, 15) is 13.2 Å². The van der Waals surface area contributed by atoms with Gasteiger partial charge in [-0.3, -0.25) is 4.79 Å². The zero-order valence-corrected chi connectivity index (χ0v) is 18.9. The Morgan fingerprint density at radius 3 is 2.63 bits per heavy atom. The first-order valence-corrected chi connectivity index (χ1v) is 12.0. The maximum absolute atomic E-state index is 13.0. The Kier molecular flexibility index (Phi) is 7.30. The Hall–Kier alpha value is -2.20. The second-order valence-electron chi connectivity index (χ2n) is 7.13. The molecule has 1 aliphatic rings. The van der Waals surface area contributed by atoms with Crippen molar-refractivity contribution in [3.05, 3.63) is 46.2 Å². The minimum Gasteiger partial charge on any atom is -0.489 e. The molecule has 1 aromatic carbocycles. The van der Waals surface area contributed by atoms with Gasteiger partial charge in [-0.25, -0.2) is 8.42 Å². The molecule has 1 saturated heterocycles. The minimum absolute atomic E-state index is 0.105. The summed E-state index contributed by atoms with van der Waals surface area (Å²) in [4.78, 5) is 13.6. The first-order chi connectivity index (χ1) is 14.3. The first kappa shape index (κ1) is 22.5. The lowest BCUT2D eigenvalue weighted by molar-refractivity contribution is -0.111. The van der Waals surface area contributed by atoms with Crippen molar-refractivity contribution in [2.24, 2.45) is 0 Å². The molecule has 2 heterocycles. The fourth-order valence-corrected chi connectivity index (χ4v) is 5.19. The molecule has 1 fully saturated rings. The number of aryl methyl sites for hydroxylation is 1. The number of sulfonamides is 1. The highest BCUT2D eigenvalue weighted by atomic mass is 32.2. The molecule has 0 unspecified atom stereocenters. The second-order valence-corrected chi connectivity index (χ2v) is 10.0. The summed E-state index contributed by atoms with van der Waals surface area (Å²) in [5.74, 6) is 0.0531. The van der Waals surface area contributed by atoms with Gasteiger partial charge in [0.25, 0.3) is 0 Å². The summed E-state index contributed by atoms with van der Waals surface area (Å²) in [6, 6.07) is 6.51. The molecule has 3 rings (SSSR count). The van der Waals surface area contributed by atoms with E-state index >= 15 is 0 Å². The minimum atomic E-state index is -3.69. The number of rotatable bonds is 7. The van der Waals surface area contributed by atoms with E-state index in [1.165, 1.54) is 22.5 Å². The molecule has 30 heavy (non-hydrogen) atoms. The number of nitrogens with one attached hydrogen (secondary N) is 1. The number of hydrogen-bond acceptors (Lipinski definition) is 6. The van der Waals surface area contributed by atoms with Gasteiger partial charge in [-0.1, -0.05) is 0 Å². The van der Waals surface area contributed by atoms with E-state index in [0.717, 1.165) is 10.4 Å². The van der Waals surface area contributed by atoms with Crippen molar-refractivity contribution in [3.8, 4) is 5.75 Å². The lowest BCUT2D eigenvalue weighted by atomic mass is 10.2. The van der Waals surface area contributed by atoms with Gasteiger partial charge in [0.1, 0.15) is 5.75 Å². The van der Waals surface area contributed by atoms with Crippen LogP contribution in [-0.2, 0) is 19.6 Å². The predicted molar refractivity (Wildman–Crippen MR) is 119 cm³/mol. The largest absolute Gasteiger partial charge is 0.489 e. The van der Waals surface area contributed by atoms with Gasteiger partial charge in [0.05, 0.1) is 29.9 Å². The predicted octanol–water partition coefficient (Wildman–Crippen LogP) is 3.52. The lowest BCUT2D eigenvalue weighted by Crippen LogP contribution is -2.40. The monoisotopic (exact) mass is 450 g/mol. The van der Waals surface area contributed by atoms with E-state index in [0.29, 0.717) is 37.7 Å². The van der Waals surface area contributed by atoms with Crippen LogP contribution in [0.5, 0.6) is 5.75 Å². The highest BCUT2D eigenvalue weighted by molar-refractivity contribution is 7.89. The van der Waals surface area contributed by atoms with Crippen LogP contribution < -0.4 is 10.1 Å². The smallest absolute Gasteiger partial charge is 0.248 e. The lowest BCUT2D eigenvalue weighted by Gasteiger charge is -2.26. The summed E-state index contributed by atoms with van der Waals surface area (Å²) in [7, 11) is -3.69. The molecule has 1 amide bonds. The second kappa shape index (κ2) is 9.74. The summed E-state index contributed by atoms with van der Waals surface area (Å²) in [5, 5.41) is 4.72. The van der Waals surface area contributed by atoms with Crippen molar-refractivity contribution in [2.75, 3.05) is 31.6 Å². The normalized spacial score (nSPS) is 15.6. The highest BCUT2D eigenvalue weighted by Gasteiger charge is 2.27. The summed E-state index contributed by atoms with van der Waals surface area (Å²) < 4.78 is 38.4. The molecule has 2 aromatic rings. The van der Waals surface area contributed by atoms with Gasteiger partial charge in [0, 0.05) is 24.0 Å². The number of benzene rings is 1. The number of nitrogens with zero attached hydrogens (tertiary/aromatic N) is 1. The van der Waals surface area contributed by atoms with E-state index in [2.05, 4.69) is 5.32 Å². The van der Waals surface area contributed by atoms with E-state index in [4.69, 9.17) is 9.47 Å². The number of amides is 1. The van der Waals surface area contributed by atoms with Gasteiger partial charge in [-0.2, -0.15) is 4.31 Å². The summed E-state index contributed by atoms with van der Waals surface area (Å²) in [5.41, 5.74) is 1.40. The molecule has 0 radical (unpaired) electrons. The first-order valence-electron chi connectivity index (χ1n) is 9.69. The standard InChI is InChI=1S/C21H26N2O5S2/c1-15(2)28-19-5-4-17(30(25,26)23-9-11-27-12-10-23)14-18(19)22-21(24)7-6-20-16(3)8-13-29-20/h4-8,13-15H,9-12H2,1-3H3,(H,22,24)/b7-6+. The molecule has 9 heteroatoms. The fraction of sp³-hybridized carbons (Fsp3) is 0.381. The summed E-state index contributed by atoms with van der Waals surface area (Å²) >= 11 is 1.54. The Labute approximate surface area is 181 Å². The third-order valence-electron chi connectivity index (χ3n) is 4.47. The van der Waals surface area contributed by atoms with Crippen molar-refractivity contribution in [1.29, 1.82) is 0 Å². The van der Waals surface area contributed by atoms with Crippen LogP contribution in [0.1, 0.15) is 24.3 Å². The van der Waals surface area contributed by atoms with Crippen molar-refractivity contribution in [3.63, 3.8) is 0 Å². The van der Waals surface area contributed by atoms with Crippen molar-refractivity contribution in [2.45, 2.75) is 31.8 Å².